The second-order valence-corrected chi connectivity index (χ2v) is 3.47. The smallest absolute Gasteiger partial charge is 0.323 e. The van der Waals surface area contributed by atoms with Crippen LogP contribution in [-0.2, 0) is 4.79 Å². The number of likely N-dealkylation sites (N-methyl/N-ethyl adjacent to an activating group) is 1. The number of hydrogen-bond donors (Lipinski definition) is 1. The Labute approximate surface area is 92.9 Å². The molecule has 0 unspecified atom stereocenters. The molecular weight excluding hydrogens is 210 g/mol. The van der Waals surface area contributed by atoms with E-state index in [0.29, 0.717) is 17.1 Å². The van der Waals surface area contributed by atoms with E-state index in [2.05, 4.69) is 9.97 Å². The zero-order chi connectivity index (χ0) is 12.3. The molecule has 0 aliphatic carbocycles. The summed E-state index contributed by atoms with van der Waals surface area (Å²) < 4.78 is 0. The summed E-state index contributed by atoms with van der Waals surface area (Å²) in [6.45, 7) is 3.07. The van der Waals surface area contributed by atoms with Crippen molar-refractivity contribution in [2.75, 3.05) is 13.6 Å². The molecule has 0 bridgehead atoms. The number of nitrogens with zero attached hydrogens (tertiary/aromatic N) is 3. The van der Waals surface area contributed by atoms with E-state index in [-0.39, 0.29) is 12.5 Å². The van der Waals surface area contributed by atoms with Crippen LogP contribution in [0.4, 0.5) is 0 Å². The minimum Gasteiger partial charge on any atom is -0.480 e. The van der Waals surface area contributed by atoms with Gasteiger partial charge >= 0.3 is 5.97 Å². The molecule has 1 heterocycles. The van der Waals surface area contributed by atoms with Crippen LogP contribution in [-0.4, -0.2) is 45.4 Å². The Kier molecular flexibility index (Phi) is 3.55. The molecule has 1 rings (SSSR count). The lowest BCUT2D eigenvalue weighted by Gasteiger charge is -2.15. The highest BCUT2D eigenvalue weighted by molar-refractivity contribution is 5.96. The summed E-state index contributed by atoms with van der Waals surface area (Å²) in [4.78, 5) is 31.3. The molecule has 0 atom stereocenters. The van der Waals surface area contributed by atoms with E-state index < -0.39 is 5.97 Å². The van der Waals surface area contributed by atoms with Crippen LogP contribution in [0.3, 0.4) is 0 Å². The highest BCUT2D eigenvalue weighted by Gasteiger charge is 2.17. The van der Waals surface area contributed by atoms with Crippen molar-refractivity contribution < 1.29 is 14.7 Å². The SMILES string of the molecule is Cc1ncc(C(=O)N(C)CC(=O)O)c(C)n1. The Morgan fingerprint density at radius 3 is 2.56 bits per heavy atom. The molecule has 0 spiro atoms. The zero-order valence-electron chi connectivity index (χ0n) is 9.39. The topological polar surface area (TPSA) is 83.4 Å². The summed E-state index contributed by atoms with van der Waals surface area (Å²) >= 11 is 0. The second kappa shape index (κ2) is 4.69. The van der Waals surface area contributed by atoms with Gasteiger partial charge < -0.3 is 10.0 Å². The predicted octanol–water partition coefficient (Wildman–Crippen LogP) is 0.250. The predicted molar refractivity (Wildman–Crippen MR) is 56.1 cm³/mol. The summed E-state index contributed by atoms with van der Waals surface area (Å²) in [5.74, 6) is -0.864. The van der Waals surface area contributed by atoms with Gasteiger partial charge in [0.25, 0.3) is 5.91 Å². The Morgan fingerprint density at radius 1 is 1.44 bits per heavy atom. The molecule has 0 saturated heterocycles. The van der Waals surface area contributed by atoms with Crippen molar-refractivity contribution in [3.8, 4) is 0 Å². The van der Waals surface area contributed by atoms with E-state index in [1.165, 1.54) is 13.2 Å². The van der Waals surface area contributed by atoms with E-state index in [1.807, 2.05) is 0 Å². The third-order valence-corrected chi connectivity index (χ3v) is 2.05. The monoisotopic (exact) mass is 223 g/mol. The number of carbonyl (C=O) groups excluding carboxylic acids is 1. The van der Waals surface area contributed by atoms with Gasteiger partial charge in [-0.3, -0.25) is 9.59 Å². The Hall–Kier alpha value is -1.98. The molecule has 1 amide bonds. The van der Waals surface area contributed by atoms with Gasteiger partial charge in [-0.15, -0.1) is 0 Å². The van der Waals surface area contributed by atoms with Crippen molar-refractivity contribution >= 4 is 11.9 Å². The van der Waals surface area contributed by atoms with Crippen LogP contribution in [0, 0.1) is 13.8 Å². The minimum absolute atomic E-state index is 0.328. The van der Waals surface area contributed by atoms with Crippen molar-refractivity contribution in [3.63, 3.8) is 0 Å². The largest absolute Gasteiger partial charge is 0.480 e. The molecule has 0 aliphatic rings. The molecule has 0 aliphatic heterocycles. The number of hydrogen-bond acceptors (Lipinski definition) is 4. The van der Waals surface area contributed by atoms with Gasteiger partial charge in [-0.05, 0) is 13.8 Å². The first-order valence-corrected chi connectivity index (χ1v) is 4.69. The number of rotatable bonds is 3. The van der Waals surface area contributed by atoms with E-state index in [4.69, 9.17) is 5.11 Å². The molecular formula is C10H13N3O3. The van der Waals surface area contributed by atoms with Crippen LogP contribution in [0.1, 0.15) is 21.9 Å². The van der Waals surface area contributed by atoms with Crippen molar-refractivity contribution in [1.29, 1.82) is 0 Å². The van der Waals surface area contributed by atoms with Gasteiger partial charge in [0.15, 0.2) is 0 Å². The number of carbonyl (C=O) groups is 2. The summed E-state index contributed by atoms with van der Waals surface area (Å²) in [6, 6.07) is 0. The average molecular weight is 223 g/mol. The van der Waals surface area contributed by atoms with Crippen LogP contribution in [0.25, 0.3) is 0 Å². The average Bonchev–Trinajstić information content (AvgIpc) is 2.15. The fraction of sp³-hybridized carbons (Fsp3) is 0.400. The lowest BCUT2D eigenvalue weighted by Crippen LogP contribution is -2.32. The molecule has 6 heteroatoms. The van der Waals surface area contributed by atoms with Crippen LogP contribution < -0.4 is 0 Å². The molecule has 1 aromatic rings. The van der Waals surface area contributed by atoms with Crippen molar-refractivity contribution in [3.05, 3.63) is 23.3 Å². The van der Waals surface area contributed by atoms with Crippen molar-refractivity contribution in [2.24, 2.45) is 0 Å². The maximum Gasteiger partial charge on any atom is 0.323 e. The third kappa shape index (κ3) is 2.75. The number of aryl methyl sites for hydroxylation is 2. The lowest BCUT2D eigenvalue weighted by molar-refractivity contribution is -0.137. The van der Waals surface area contributed by atoms with Crippen molar-refractivity contribution in [2.45, 2.75) is 13.8 Å². The summed E-state index contributed by atoms with van der Waals surface area (Å²) in [7, 11) is 1.43. The highest BCUT2D eigenvalue weighted by Crippen LogP contribution is 2.06. The Morgan fingerprint density at radius 2 is 2.06 bits per heavy atom. The fourth-order valence-corrected chi connectivity index (χ4v) is 1.27. The van der Waals surface area contributed by atoms with Gasteiger partial charge in [-0.25, -0.2) is 9.97 Å². The first-order valence-electron chi connectivity index (χ1n) is 4.69. The third-order valence-electron chi connectivity index (χ3n) is 2.05. The molecule has 86 valence electrons. The quantitative estimate of drug-likeness (QED) is 0.794. The number of carboxylic acid groups (broad SMARTS) is 1. The van der Waals surface area contributed by atoms with Gasteiger partial charge in [-0.1, -0.05) is 0 Å². The van der Waals surface area contributed by atoms with E-state index >= 15 is 0 Å². The molecule has 0 saturated carbocycles. The number of aromatic nitrogens is 2. The van der Waals surface area contributed by atoms with E-state index in [9.17, 15) is 9.59 Å². The summed E-state index contributed by atoms with van der Waals surface area (Å²) in [6.07, 6.45) is 1.42. The van der Waals surface area contributed by atoms with Gasteiger partial charge in [-0.2, -0.15) is 0 Å². The fourth-order valence-electron chi connectivity index (χ4n) is 1.27. The first-order chi connectivity index (χ1) is 7.41. The molecule has 1 aromatic heterocycles. The number of carboxylic acids is 1. The van der Waals surface area contributed by atoms with Crippen LogP contribution in [0.2, 0.25) is 0 Å². The van der Waals surface area contributed by atoms with Crippen LogP contribution >= 0.6 is 0 Å². The summed E-state index contributed by atoms with van der Waals surface area (Å²) in [5, 5.41) is 8.57. The van der Waals surface area contributed by atoms with Crippen LogP contribution in [0.5, 0.6) is 0 Å². The maximum atomic E-state index is 11.8. The molecule has 0 radical (unpaired) electrons. The summed E-state index contributed by atoms with van der Waals surface area (Å²) in [5.41, 5.74) is 0.879. The Balaban J connectivity index is 2.92. The van der Waals surface area contributed by atoms with E-state index in [0.717, 1.165) is 4.90 Å². The molecule has 6 nitrogen and oxygen atoms in total. The zero-order valence-corrected chi connectivity index (χ0v) is 9.39. The minimum atomic E-state index is -1.05. The van der Waals surface area contributed by atoms with E-state index in [1.54, 1.807) is 13.8 Å². The lowest BCUT2D eigenvalue weighted by atomic mass is 10.2. The maximum absolute atomic E-state index is 11.8. The standard InChI is InChI=1S/C10H13N3O3/c1-6-8(4-11-7(2)12-6)10(16)13(3)5-9(14)15/h4H,5H2,1-3H3,(H,14,15). The van der Waals surface area contributed by atoms with Gasteiger partial charge in [0.2, 0.25) is 0 Å². The molecule has 16 heavy (non-hydrogen) atoms. The number of aliphatic carboxylic acids is 1. The van der Waals surface area contributed by atoms with Crippen molar-refractivity contribution in [1.82, 2.24) is 14.9 Å². The molecule has 0 aromatic carbocycles. The normalized spacial score (nSPS) is 9.94. The molecule has 1 N–H and O–H groups in total. The molecule has 0 fully saturated rings. The Bertz CT molecular complexity index is 431. The van der Waals surface area contributed by atoms with Gasteiger partial charge in [0, 0.05) is 13.2 Å². The van der Waals surface area contributed by atoms with Gasteiger partial charge in [0.05, 0.1) is 11.3 Å². The number of amides is 1. The first kappa shape index (κ1) is 12.1. The van der Waals surface area contributed by atoms with Gasteiger partial charge in [0.1, 0.15) is 12.4 Å². The van der Waals surface area contributed by atoms with Crippen LogP contribution in [0.15, 0.2) is 6.20 Å². The second-order valence-electron chi connectivity index (χ2n) is 3.47. The highest BCUT2D eigenvalue weighted by atomic mass is 16.4.